The van der Waals surface area contributed by atoms with Crippen LogP contribution in [-0.2, 0) is 11.2 Å². The van der Waals surface area contributed by atoms with E-state index in [1.54, 1.807) is 0 Å². The van der Waals surface area contributed by atoms with Crippen molar-refractivity contribution in [2.24, 2.45) is 0 Å². The Balaban J connectivity index is 1.78. The molecule has 0 spiro atoms. The summed E-state index contributed by atoms with van der Waals surface area (Å²) in [6, 6.07) is 17.7. The van der Waals surface area contributed by atoms with Gasteiger partial charge in [-0.05, 0) is 30.0 Å². The standard InChI is InChI=1S/C23H23N3O6/c1-23(32,22(30)31)13-17(24-20(27)18-12-19(21(28)29)26-25-18)11-14-7-9-16(10-8-14)15-5-3-2-4-6-15/h2-10,12,17,32H,11,13H2,1H3,(H,24,27)(H,25,26)(H,28,29)(H,30,31)/t17-,23-/m1/s1. The van der Waals surface area contributed by atoms with Gasteiger partial charge in [0.15, 0.2) is 11.3 Å². The molecule has 1 amide bonds. The van der Waals surface area contributed by atoms with Crippen LogP contribution in [0.15, 0.2) is 60.7 Å². The van der Waals surface area contributed by atoms with E-state index >= 15 is 0 Å². The molecule has 2 aromatic carbocycles. The summed E-state index contributed by atoms with van der Waals surface area (Å²) in [7, 11) is 0. The molecule has 5 N–H and O–H groups in total. The maximum Gasteiger partial charge on any atom is 0.353 e. The molecular formula is C23H23N3O6. The number of aliphatic hydroxyl groups is 1. The fourth-order valence-electron chi connectivity index (χ4n) is 3.30. The number of hydrogen-bond acceptors (Lipinski definition) is 5. The van der Waals surface area contributed by atoms with Gasteiger partial charge in [0, 0.05) is 18.5 Å². The van der Waals surface area contributed by atoms with Crippen LogP contribution in [0.3, 0.4) is 0 Å². The van der Waals surface area contributed by atoms with Crippen LogP contribution >= 0.6 is 0 Å². The number of benzene rings is 2. The minimum Gasteiger partial charge on any atom is -0.479 e. The molecule has 0 unspecified atom stereocenters. The molecule has 0 fully saturated rings. The van der Waals surface area contributed by atoms with Gasteiger partial charge >= 0.3 is 11.9 Å². The van der Waals surface area contributed by atoms with E-state index in [1.165, 1.54) is 0 Å². The van der Waals surface area contributed by atoms with Crippen molar-refractivity contribution in [2.75, 3.05) is 0 Å². The second-order valence-corrected chi connectivity index (χ2v) is 7.69. The zero-order valence-electron chi connectivity index (χ0n) is 17.3. The molecule has 1 aromatic heterocycles. The molecule has 166 valence electrons. The van der Waals surface area contributed by atoms with Crippen LogP contribution in [0.5, 0.6) is 0 Å². The van der Waals surface area contributed by atoms with E-state index in [2.05, 4.69) is 15.5 Å². The van der Waals surface area contributed by atoms with E-state index < -0.39 is 29.5 Å². The van der Waals surface area contributed by atoms with Gasteiger partial charge in [0.1, 0.15) is 5.69 Å². The van der Waals surface area contributed by atoms with Crippen molar-refractivity contribution in [3.63, 3.8) is 0 Å². The molecule has 0 aliphatic rings. The van der Waals surface area contributed by atoms with Crippen LogP contribution in [0.2, 0.25) is 0 Å². The third kappa shape index (κ3) is 5.58. The van der Waals surface area contributed by atoms with Gasteiger partial charge in [0.25, 0.3) is 5.91 Å². The van der Waals surface area contributed by atoms with E-state index in [-0.39, 0.29) is 24.2 Å². The maximum atomic E-state index is 12.6. The Morgan fingerprint density at radius 2 is 1.66 bits per heavy atom. The Bertz CT molecular complexity index is 1110. The van der Waals surface area contributed by atoms with E-state index in [0.29, 0.717) is 0 Å². The SMILES string of the molecule is C[C@@](O)(C[C@@H](Cc1ccc(-c2ccccc2)cc1)NC(=O)c1cc(C(=O)O)[nH]n1)C(=O)O. The Morgan fingerprint density at radius 3 is 2.22 bits per heavy atom. The summed E-state index contributed by atoms with van der Waals surface area (Å²) in [6.07, 6.45) is -0.00876. The van der Waals surface area contributed by atoms with Crippen molar-refractivity contribution >= 4 is 17.8 Å². The molecule has 32 heavy (non-hydrogen) atoms. The molecular weight excluding hydrogens is 414 g/mol. The molecule has 0 saturated heterocycles. The third-order valence-electron chi connectivity index (χ3n) is 5.02. The average molecular weight is 437 g/mol. The van der Waals surface area contributed by atoms with Crippen LogP contribution < -0.4 is 5.32 Å². The molecule has 3 aromatic rings. The quantitative estimate of drug-likeness (QED) is 0.344. The number of rotatable bonds is 9. The van der Waals surface area contributed by atoms with Crippen molar-refractivity contribution < 1.29 is 29.7 Å². The average Bonchev–Trinajstić information content (AvgIpc) is 3.25. The van der Waals surface area contributed by atoms with Crippen LogP contribution in [0.4, 0.5) is 0 Å². The summed E-state index contributed by atoms with van der Waals surface area (Å²) >= 11 is 0. The number of nitrogens with zero attached hydrogens (tertiary/aromatic N) is 1. The number of aromatic carboxylic acids is 1. The van der Waals surface area contributed by atoms with Gasteiger partial charge in [-0.25, -0.2) is 9.59 Å². The zero-order chi connectivity index (χ0) is 23.3. The first-order valence-corrected chi connectivity index (χ1v) is 9.85. The lowest BCUT2D eigenvalue weighted by Gasteiger charge is -2.26. The number of carbonyl (C=O) groups is 3. The number of carboxylic acid groups (broad SMARTS) is 2. The van der Waals surface area contributed by atoms with Gasteiger partial charge in [0.05, 0.1) is 0 Å². The molecule has 0 radical (unpaired) electrons. The smallest absolute Gasteiger partial charge is 0.353 e. The highest BCUT2D eigenvalue weighted by Gasteiger charge is 2.34. The largest absolute Gasteiger partial charge is 0.479 e. The van der Waals surface area contributed by atoms with E-state index in [1.807, 2.05) is 54.6 Å². The fourth-order valence-corrected chi connectivity index (χ4v) is 3.30. The summed E-state index contributed by atoms with van der Waals surface area (Å²) < 4.78 is 0. The normalized spacial score (nSPS) is 13.7. The number of H-pyrrole nitrogens is 1. The van der Waals surface area contributed by atoms with Crippen molar-refractivity contribution in [2.45, 2.75) is 31.4 Å². The predicted octanol–water partition coefficient (Wildman–Crippen LogP) is 2.34. The molecule has 0 bridgehead atoms. The topological polar surface area (TPSA) is 153 Å². The van der Waals surface area contributed by atoms with Gasteiger partial charge in [-0.15, -0.1) is 0 Å². The van der Waals surface area contributed by atoms with E-state index in [0.717, 1.165) is 29.7 Å². The van der Waals surface area contributed by atoms with Crippen LogP contribution in [0.25, 0.3) is 11.1 Å². The number of carboxylic acids is 2. The molecule has 1 heterocycles. The number of amides is 1. The van der Waals surface area contributed by atoms with E-state index in [9.17, 15) is 24.6 Å². The lowest BCUT2D eigenvalue weighted by Crippen LogP contribution is -2.46. The molecule has 9 nitrogen and oxygen atoms in total. The Labute approximate surface area is 183 Å². The Kier molecular flexibility index (Phi) is 6.70. The number of aromatic nitrogens is 2. The highest BCUT2D eigenvalue weighted by atomic mass is 16.4. The Morgan fingerprint density at radius 1 is 1.03 bits per heavy atom. The Hall–Kier alpha value is -3.98. The van der Waals surface area contributed by atoms with Crippen molar-refractivity contribution in [3.05, 3.63) is 77.6 Å². The first-order chi connectivity index (χ1) is 15.2. The molecule has 3 rings (SSSR count). The molecule has 0 saturated carbocycles. The predicted molar refractivity (Wildman–Crippen MR) is 115 cm³/mol. The molecule has 0 aliphatic heterocycles. The molecule has 0 aliphatic carbocycles. The van der Waals surface area contributed by atoms with Crippen LogP contribution in [0, 0.1) is 0 Å². The van der Waals surface area contributed by atoms with Gasteiger partial charge in [-0.3, -0.25) is 9.89 Å². The number of carbonyl (C=O) groups excluding carboxylic acids is 1. The third-order valence-corrected chi connectivity index (χ3v) is 5.02. The van der Waals surface area contributed by atoms with Crippen molar-refractivity contribution in [1.29, 1.82) is 0 Å². The zero-order valence-corrected chi connectivity index (χ0v) is 17.3. The van der Waals surface area contributed by atoms with E-state index in [4.69, 9.17) is 5.11 Å². The number of nitrogens with one attached hydrogen (secondary N) is 2. The summed E-state index contributed by atoms with van der Waals surface area (Å²) in [4.78, 5) is 35.0. The number of aliphatic carboxylic acids is 1. The monoisotopic (exact) mass is 437 g/mol. The van der Waals surface area contributed by atoms with Gasteiger partial charge < -0.3 is 20.6 Å². The summed E-state index contributed by atoms with van der Waals surface area (Å²) in [5.74, 6) is -3.36. The highest BCUT2D eigenvalue weighted by molar-refractivity contribution is 5.95. The van der Waals surface area contributed by atoms with Gasteiger partial charge in [-0.2, -0.15) is 5.10 Å². The number of hydrogen-bond donors (Lipinski definition) is 5. The minimum absolute atomic E-state index is 0.151. The molecule has 9 heteroatoms. The van der Waals surface area contributed by atoms with Crippen LogP contribution in [0.1, 0.15) is 39.9 Å². The van der Waals surface area contributed by atoms with Crippen molar-refractivity contribution in [1.82, 2.24) is 15.5 Å². The lowest BCUT2D eigenvalue weighted by atomic mass is 9.92. The summed E-state index contributed by atoms with van der Waals surface area (Å²) in [5, 5.41) is 37.1. The number of aromatic amines is 1. The van der Waals surface area contributed by atoms with Gasteiger partial charge in [0.2, 0.25) is 0 Å². The van der Waals surface area contributed by atoms with Crippen LogP contribution in [-0.4, -0.2) is 55.0 Å². The highest BCUT2D eigenvalue weighted by Crippen LogP contribution is 2.21. The fraction of sp³-hybridized carbons (Fsp3) is 0.217. The maximum absolute atomic E-state index is 12.6. The second kappa shape index (κ2) is 9.44. The van der Waals surface area contributed by atoms with Gasteiger partial charge in [-0.1, -0.05) is 54.6 Å². The summed E-state index contributed by atoms with van der Waals surface area (Å²) in [5.41, 5.74) is 0.405. The van der Waals surface area contributed by atoms with Crippen molar-refractivity contribution in [3.8, 4) is 11.1 Å². The first kappa shape index (κ1) is 22.7. The second-order valence-electron chi connectivity index (χ2n) is 7.69. The first-order valence-electron chi connectivity index (χ1n) is 9.85. The minimum atomic E-state index is -2.07. The lowest BCUT2D eigenvalue weighted by molar-refractivity contribution is -0.157. The summed E-state index contributed by atoms with van der Waals surface area (Å²) in [6.45, 7) is 1.16. The molecule has 2 atom stereocenters.